The summed E-state index contributed by atoms with van der Waals surface area (Å²) < 4.78 is 6.16. The van der Waals surface area contributed by atoms with Gasteiger partial charge in [0.1, 0.15) is 11.2 Å². The lowest BCUT2D eigenvalue weighted by Gasteiger charge is -2.26. The van der Waals surface area contributed by atoms with Crippen LogP contribution >= 0.6 is 0 Å². The lowest BCUT2D eigenvalue weighted by Crippen LogP contribution is -2.09. The van der Waals surface area contributed by atoms with Crippen molar-refractivity contribution in [1.82, 2.24) is 0 Å². The number of hydrogen-bond acceptors (Lipinski definition) is 2. The molecule has 2 heteroatoms. The Hall–Kier alpha value is -8.20. The number of para-hydroxylation sites is 1. The van der Waals surface area contributed by atoms with Gasteiger partial charge in [-0.2, -0.15) is 0 Å². The minimum atomic E-state index is 0.903. The van der Waals surface area contributed by atoms with Crippen LogP contribution in [-0.4, -0.2) is 0 Å². The Morgan fingerprint density at radius 1 is 0.226 bits per heavy atom. The number of furan rings is 1. The minimum Gasteiger partial charge on any atom is -0.456 e. The molecule has 0 fully saturated rings. The van der Waals surface area contributed by atoms with Crippen molar-refractivity contribution >= 4 is 39.0 Å². The van der Waals surface area contributed by atoms with Gasteiger partial charge < -0.3 is 9.32 Å². The topological polar surface area (TPSA) is 16.4 Å². The maximum atomic E-state index is 6.16. The molecule has 1 aromatic heterocycles. The molecule has 62 heavy (non-hydrogen) atoms. The zero-order valence-corrected chi connectivity index (χ0v) is 34.0. The molecular formula is C60H41NO. The normalized spacial score (nSPS) is 11.2. The first-order valence-corrected chi connectivity index (χ1v) is 21.2. The zero-order chi connectivity index (χ0) is 41.2. The second-order valence-electron chi connectivity index (χ2n) is 15.7. The van der Waals surface area contributed by atoms with Crippen LogP contribution < -0.4 is 4.90 Å². The molecule has 0 spiro atoms. The van der Waals surface area contributed by atoms with E-state index in [2.05, 4.69) is 241 Å². The predicted octanol–water partition coefficient (Wildman–Crippen LogP) is 17.1. The van der Waals surface area contributed by atoms with Gasteiger partial charge in [0.2, 0.25) is 0 Å². The highest BCUT2D eigenvalue weighted by Crippen LogP contribution is 2.41. The Labute approximate surface area is 362 Å². The summed E-state index contributed by atoms with van der Waals surface area (Å²) in [5, 5.41) is 2.26. The summed E-state index contributed by atoms with van der Waals surface area (Å²) >= 11 is 0. The second-order valence-corrected chi connectivity index (χ2v) is 15.7. The van der Waals surface area contributed by atoms with Gasteiger partial charge in [0, 0.05) is 27.8 Å². The number of anilines is 3. The highest BCUT2D eigenvalue weighted by molar-refractivity contribution is 6.06. The fourth-order valence-electron chi connectivity index (χ4n) is 8.69. The Morgan fingerprint density at radius 2 is 0.548 bits per heavy atom. The molecule has 0 bridgehead atoms. The third-order valence-electron chi connectivity index (χ3n) is 12.0. The molecular weight excluding hydrogens is 751 g/mol. The van der Waals surface area contributed by atoms with Crippen molar-refractivity contribution in [3.05, 3.63) is 249 Å². The fourth-order valence-corrected chi connectivity index (χ4v) is 8.69. The molecule has 0 aliphatic rings. The van der Waals surface area contributed by atoms with Crippen molar-refractivity contribution in [2.24, 2.45) is 0 Å². The molecule has 0 saturated carbocycles. The Balaban J connectivity index is 0.931. The summed E-state index contributed by atoms with van der Waals surface area (Å²) in [5.74, 6) is 0. The van der Waals surface area contributed by atoms with Crippen molar-refractivity contribution < 1.29 is 4.42 Å². The van der Waals surface area contributed by atoms with Gasteiger partial charge in [-0.15, -0.1) is 0 Å². The molecule has 10 aromatic carbocycles. The van der Waals surface area contributed by atoms with E-state index in [4.69, 9.17) is 4.42 Å². The average Bonchev–Trinajstić information content (AvgIpc) is 3.74. The van der Waals surface area contributed by atoms with Gasteiger partial charge in [-0.1, -0.05) is 194 Å². The zero-order valence-electron chi connectivity index (χ0n) is 34.0. The van der Waals surface area contributed by atoms with Crippen molar-refractivity contribution in [2.45, 2.75) is 0 Å². The number of nitrogens with zero attached hydrogens (tertiary/aromatic N) is 1. The van der Waals surface area contributed by atoms with E-state index in [9.17, 15) is 0 Å². The smallest absolute Gasteiger partial charge is 0.135 e. The van der Waals surface area contributed by atoms with Crippen LogP contribution in [0.2, 0.25) is 0 Å². The largest absolute Gasteiger partial charge is 0.456 e. The number of hydrogen-bond donors (Lipinski definition) is 0. The highest BCUT2D eigenvalue weighted by atomic mass is 16.3. The van der Waals surface area contributed by atoms with Crippen molar-refractivity contribution in [2.75, 3.05) is 4.90 Å². The standard InChI is InChI=1S/C60H41NO/c1-3-11-42(12-4-1)44-19-23-46(24-20-44)48-27-34-52(35-28-48)61(53-36-29-49(30-37-53)47-25-21-45(22-26-47)43-13-5-2-6-14-43)54-38-31-50(32-39-54)55-15-7-8-16-56(55)51-33-40-60-58(41-51)57-17-9-10-18-59(57)62-60/h1-41H. The molecule has 0 atom stereocenters. The molecule has 0 unspecified atom stereocenters. The molecule has 1 heterocycles. The van der Waals surface area contributed by atoms with Crippen LogP contribution in [0.4, 0.5) is 17.1 Å². The SMILES string of the molecule is c1ccc(-c2ccc(-c3ccc(N(c4ccc(-c5ccc(-c6ccccc6)cc5)cc4)c4ccc(-c5ccccc5-c5ccc6oc7ccccc7c6c5)cc4)cc3)cc2)cc1. The second kappa shape index (κ2) is 16.1. The van der Waals surface area contributed by atoms with Crippen molar-refractivity contribution in [1.29, 1.82) is 0 Å². The van der Waals surface area contributed by atoms with E-state index in [1.54, 1.807) is 0 Å². The third kappa shape index (κ3) is 7.14. The molecule has 0 aliphatic carbocycles. The van der Waals surface area contributed by atoms with Crippen LogP contribution in [0, 0.1) is 0 Å². The fraction of sp³-hybridized carbons (Fsp3) is 0. The molecule has 0 radical (unpaired) electrons. The van der Waals surface area contributed by atoms with Crippen LogP contribution in [-0.2, 0) is 0 Å². The summed E-state index contributed by atoms with van der Waals surface area (Å²) in [4.78, 5) is 2.35. The summed E-state index contributed by atoms with van der Waals surface area (Å²) in [6.45, 7) is 0. The van der Waals surface area contributed by atoms with Gasteiger partial charge in [0.15, 0.2) is 0 Å². The van der Waals surface area contributed by atoms with Gasteiger partial charge in [-0.25, -0.2) is 0 Å². The molecule has 2 nitrogen and oxygen atoms in total. The van der Waals surface area contributed by atoms with Gasteiger partial charge in [0.25, 0.3) is 0 Å². The Bertz CT molecular complexity index is 3150. The first kappa shape index (κ1) is 36.8. The maximum Gasteiger partial charge on any atom is 0.135 e. The Morgan fingerprint density at radius 3 is 1.02 bits per heavy atom. The van der Waals surface area contributed by atoms with Crippen molar-refractivity contribution in [3.8, 4) is 66.8 Å². The minimum absolute atomic E-state index is 0.903. The molecule has 11 rings (SSSR count). The summed E-state index contributed by atoms with van der Waals surface area (Å²) in [6.07, 6.45) is 0. The summed E-state index contributed by atoms with van der Waals surface area (Å²) in [7, 11) is 0. The van der Waals surface area contributed by atoms with Crippen LogP contribution in [0.1, 0.15) is 0 Å². The average molecular weight is 792 g/mol. The number of rotatable bonds is 9. The van der Waals surface area contributed by atoms with Gasteiger partial charge >= 0.3 is 0 Å². The van der Waals surface area contributed by atoms with E-state index in [0.717, 1.165) is 50.1 Å². The first-order valence-electron chi connectivity index (χ1n) is 21.2. The van der Waals surface area contributed by atoms with Gasteiger partial charge in [-0.3, -0.25) is 0 Å². The monoisotopic (exact) mass is 791 g/mol. The van der Waals surface area contributed by atoms with E-state index in [1.165, 1.54) is 55.6 Å². The first-order chi connectivity index (χ1) is 30.7. The van der Waals surface area contributed by atoms with E-state index in [-0.39, 0.29) is 0 Å². The Kier molecular flexibility index (Phi) is 9.57. The highest BCUT2D eigenvalue weighted by Gasteiger charge is 2.16. The molecule has 0 N–H and O–H groups in total. The molecule has 292 valence electrons. The number of benzene rings is 10. The quantitative estimate of drug-likeness (QED) is 0.145. The van der Waals surface area contributed by atoms with E-state index in [1.807, 2.05) is 12.1 Å². The van der Waals surface area contributed by atoms with Gasteiger partial charge in [-0.05, 0) is 121 Å². The molecule has 0 saturated heterocycles. The third-order valence-corrected chi connectivity index (χ3v) is 12.0. The summed E-state index contributed by atoms with van der Waals surface area (Å²) in [6, 6.07) is 89.0. The van der Waals surface area contributed by atoms with E-state index < -0.39 is 0 Å². The number of fused-ring (bicyclic) bond motifs is 3. The van der Waals surface area contributed by atoms with Crippen LogP contribution in [0.15, 0.2) is 253 Å². The van der Waals surface area contributed by atoms with E-state index in [0.29, 0.717) is 0 Å². The molecule has 0 aliphatic heterocycles. The van der Waals surface area contributed by atoms with Gasteiger partial charge in [0.05, 0.1) is 0 Å². The predicted molar refractivity (Wildman–Crippen MR) is 261 cm³/mol. The van der Waals surface area contributed by atoms with Crippen LogP contribution in [0.3, 0.4) is 0 Å². The van der Waals surface area contributed by atoms with E-state index >= 15 is 0 Å². The maximum absolute atomic E-state index is 6.16. The van der Waals surface area contributed by atoms with Crippen LogP contribution in [0.5, 0.6) is 0 Å². The van der Waals surface area contributed by atoms with Crippen molar-refractivity contribution in [3.63, 3.8) is 0 Å². The molecule has 0 amide bonds. The molecule has 11 aromatic rings. The summed E-state index contributed by atoms with van der Waals surface area (Å²) in [5.41, 5.74) is 19.4. The van der Waals surface area contributed by atoms with Crippen LogP contribution in [0.25, 0.3) is 88.7 Å². The lowest BCUT2D eigenvalue weighted by molar-refractivity contribution is 0.669. The lowest BCUT2D eigenvalue weighted by atomic mass is 9.93.